The van der Waals surface area contributed by atoms with Crippen LogP contribution in [0.15, 0.2) is 0 Å². The van der Waals surface area contributed by atoms with E-state index in [1.807, 2.05) is 10.6 Å². The Kier molecular flexibility index (Phi) is 3.74. The van der Waals surface area contributed by atoms with E-state index < -0.39 is 0 Å². The van der Waals surface area contributed by atoms with Gasteiger partial charge in [0.1, 0.15) is 22.5 Å². The molecule has 104 valence electrons. The quantitative estimate of drug-likeness (QED) is 0.825. The molecule has 2 N–H and O–H groups in total. The van der Waals surface area contributed by atoms with Gasteiger partial charge in [0.15, 0.2) is 9.92 Å². The van der Waals surface area contributed by atoms with Crippen LogP contribution >= 0.6 is 35.4 Å². The second-order valence-electron chi connectivity index (χ2n) is 4.53. The number of H-pyrrole nitrogens is 1. The van der Waals surface area contributed by atoms with Gasteiger partial charge in [-0.1, -0.05) is 11.6 Å². The fraction of sp³-hybridized carbons (Fsp3) is 0.455. The molecule has 0 saturated heterocycles. The molecule has 20 heavy (non-hydrogen) atoms. The van der Waals surface area contributed by atoms with E-state index in [9.17, 15) is 0 Å². The molecule has 6 nitrogen and oxygen atoms in total. The van der Waals surface area contributed by atoms with Gasteiger partial charge in [0, 0.05) is 19.0 Å². The summed E-state index contributed by atoms with van der Waals surface area (Å²) in [6, 6.07) is 2.05. The molecular weight excluding hydrogens is 316 g/mol. The smallest absolute Gasteiger partial charge is 0.195 e. The number of hydrogen-bond donors (Lipinski definition) is 2. The zero-order chi connectivity index (χ0) is 14.1. The Balaban J connectivity index is 1.67. The molecule has 0 amide bonds. The second kappa shape index (κ2) is 5.52. The Hall–Kier alpha value is -1.43. The van der Waals surface area contributed by atoms with Crippen LogP contribution in [0.5, 0.6) is 0 Å². The molecule has 1 fully saturated rings. The van der Waals surface area contributed by atoms with Crippen LogP contribution in [0.4, 0.5) is 5.00 Å². The molecule has 1 aliphatic carbocycles. The van der Waals surface area contributed by atoms with Gasteiger partial charge in [-0.25, -0.2) is 0 Å². The third-order valence-corrected chi connectivity index (χ3v) is 4.60. The monoisotopic (exact) mass is 326 g/mol. The predicted molar refractivity (Wildman–Crippen MR) is 79.7 cm³/mol. The maximum Gasteiger partial charge on any atom is 0.195 e. The van der Waals surface area contributed by atoms with Crippen molar-refractivity contribution < 1.29 is 0 Å². The van der Waals surface area contributed by atoms with Crippen molar-refractivity contribution in [1.29, 1.82) is 5.26 Å². The maximum absolute atomic E-state index is 9.00. The number of anilines is 1. The van der Waals surface area contributed by atoms with Crippen LogP contribution in [-0.2, 0) is 6.54 Å². The third kappa shape index (κ3) is 2.57. The van der Waals surface area contributed by atoms with E-state index in [0.29, 0.717) is 34.3 Å². The van der Waals surface area contributed by atoms with E-state index in [2.05, 4.69) is 19.9 Å². The molecule has 0 spiro atoms. The fourth-order valence-corrected chi connectivity index (χ4v) is 3.16. The highest BCUT2D eigenvalue weighted by atomic mass is 35.5. The van der Waals surface area contributed by atoms with Crippen LogP contribution in [0.2, 0.25) is 5.15 Å². The first-order chi connectivity index (χ1) is 9.70. The molecular formula is C11H11ClN6S2. The molecule has 0 aliphatic heterocycles. The lowest BCUT2D eigenvalue weighted by Crippen LogP contribution is -2.12. The maximum atomic E-state index is 9.00. The summed E-state index contributed by atoms with van der Waals surface area (Å²) >= 11 is 12.3. The van der Waals surface area contributed by atoms with E-state index in [0.717, 1.165) is 5.82 Å². The van der Waals surface area contributed by atoms with E-state index >= 15 is 0 Å². The molecule has 0 radical (unpaired) electrons. The molecule has 0 atom stereocenters. The highest BCUT2D eigenvalue weighted by molar-refractivity contribution is 7.71. The largest absolute Gasteiger partial charge is 0.373 e. The Morgan fingerprint density at radius 2 is 2.40 bits per heavy atom. The average Bonchev–Trinajstić information content (AvgIpc) is 3.13. The number of nitriles is 1. The van der Waals surface area contributed by atoms with Crippen LogP contribution in [0.1, 0.15) is 30.1 Å². The highest BCUT2D eigenvalue weighted by Gasteiger charge is 2.28. The summed E-state index contributed by atoms with van der Waals surface area (Å²) in [5.74, 6) is 1.56. The number of hydrogen-bond acceptors (Lipinski definition) is 6. The predicted octanol–water partition coefficient (Wildman–Crippen LogP) is 2.91. The summed E-state index contributed by atoms with van der Waals surface area (Å²) in [6.07, 6.45) is 2.35. The SMILES string of the molecule is N#Cc1c(Cl)nsc1NCCn1c(C2CC2)n[nH]c1=S. The lowest BCUT2D eigenvalue weighted by Gasteiger charge is -2.07. The van der Waals surface area contributed by atoms with Gasteiger partial charge in [0.2, 0.25) is 0 Å². The molecule has 2 heterocycles. The Bertz CT molecular complexity index is 720. The van der Waals surface area contributed by atoms with E-state index in [1.54, 1.807) is 0 Å². The molecule has 2 aromatic heterocycles. The van der Waals surface area contributed by atoms with E-state index in [1.165, 1.54) is 24.4 Å². The molecule has 1 aliphatic rings. The minimum absolute atomic E-state index is 0.249. The van der Waals surface area contributed by atoms with Crippen molar-refractivity contribution in [3.8, 4) is 6.07 Å². The zero-order valence-electron chi connectivity index (χ0n) is 10.4. The first kappa shape index (κ1) is 13.5. The van der Waals surface area contributed by atoms with Gasteiger partial charge in [0.05, 0.1) is 0 Å². The summed E-state index contributed by atoms with van der Waals surface area (Å²) < 4.78 is 6.60. The van der Waals surface area contributed by atoms with Gasteiger partial charge < -0.3 is 9.88 Å². The van der Waals surface area contributed by atoms with Gasteiger partial charge in [-0.15, -0.1) is 0 Å². The summed E-state index contributed by atoms with van der Waals surface area (Å²) in [7, 11) is 0. The van der Waals surface area contributed by atoms with Gasteiger partial charge >= 0.3 is 0 Å². The fourth-order valence-electron chi connectivity index (χ4n) is 1.97. The lowest BCUT2D eigenvalue weighted by molar-refractivity contribution is 0.670. The summed E-state index contributed by atoms with van der Waals surface area (Å²) in [5.41, 5.74) is 0.398. The zero-order valence-corrected chi connectivity index (χ0v) is 12.8. The first-order valence-corrected chi connectivity index (χ1v) is 7.71. The van der Waals surface area contributed by atoms with E-state index in [4.69, 9.17) is 29.1 Å². The van der Waals surface area contributed by atoms with Crippen LogP contribution in [0, 0.1) is 16.1 Å². The molecule has 9 heteroatoms. The standard InChI is InChI=1S/C11H11ClN6S2/c12-8-7(5-13)10(20-17-8)14-3-4-18-9(6-1-2-6)15-16-11(18)19/h6,14H,1-4H2,(H,16,19). The van der Waals surface area contributed by atoms with Crippen molar-refractivity contribution in [3.05, 3.63) is 21.3 Å². The molecule has 1 saturated carbocycles. The van der Waals surface area contributed by atoms with Crippen molar-refractivity contribution in [3.63, 3.8) is 0 Å². The average molecular weight is 327 g/mol. The van der Waals surface area contributed by atoms with Crippen molar-refractivity contribution in [2.45, 2.75) is 25.3 Å². The highest BCUT2D eigenvalue weighted by Crippen LogP contribution is 2.38. The van der Waals surface area contributed by atoms with Crippen molar-refractivity contribution in [2.24, 2.45) is 0 Å². The normalized spacial score (nSPS) is 14.2. The van der Waals surface area contributed by atoms with Gasteiger partial charge in [0.25, 0.3) is 0 Å². The number of nitrogens with one attached hydrogen (secondary N) is 2. The van der Waals surface area contributed by atoms with Gasteiger partial charge in [-0.3, -0.25) is 5.10 Å². The molecule has 0 bridgehead atoms. The van der Waals surface area contributed by atoms with Crippen molar-refractivity contribution in [2.75, 3.05) is 11.9 Å². The summed E-state index contributed by atoms with van der Waals surface area (Å²) in [4.78, 5) is 0. The second-order valence-corrected chi connectivity index (χ2v) is 6.05. The Labute approximate surface area is 129 Å². The number of halogens is 1. The minimum Gasteiger partial charge on any atom is -0.373 e. The third-order valence-electron chi connectivity index (χ3n) is 3.11. The topological polar surface area (TPSA) is 82.3 Å². The Morgan fingerprint density at radius 1 is 1.60 bits per heavy atom. The van der Waals surface area contributed by atoms with Crippen molar-refractivity contribution >= 4 is 40.4 Å². The lowest BCUT2D eigenvalue weighted by atomic mass is 10.3. The number of nitrogens with zero attached hydrogens (tertiary/aromatic N) is 4. The van der Waals surface area contributed by atoms with Gasteiger partial charge in [-0.05, 0) is 36.6 Å². The summed E-state index contributed by atoms with van der Waals surface area (Å²) in [5, 5.41) is 20.2. The molecule has 0 aromatic carbocycles. The first-order valence-electron chi connectivity index (χ1n) is 6.15. The Morgan fingerprint density at radius 3 is 3.10 bits per heavy atom. The molecule has 0 unspecified atom stereocenters. The number of rotatable bonds is 5. The minimum atomic E-state index is 0.249. The molecule has 3 rings (SSSR count). The molecule has 2 aromatic rings. The number of aromatic amines is 1. The van der Waals surface area contributed by atoms with Crippen LogP contribution in [0.3, 0.4) is 0 Å². The number of aromatic nitrogens is 4. The van der Waals surface area contributed by atoms with Gasteiger partial charge in [-0.2, -0.15) is 14.7 Å². The van der Waals surface area contributed by atoms with Crippen molar-refractivity contribution in [1.82, 2.24) is 19.1 Å². The van der Waals surface area contributed by atoms with E-state index in [-0.39, 0.29) is 5.15 Å². The summed E-state index contributed by atoms with van der Waals surface area (Å²) in [6.45, 7) is 1.34. The van der Waals surface area contributed by atoms with Crippen LogP contribution < -0.4 is 5.32 Å². The van der Waals surface area contributed by atoms with Crippen LogP contribution in [-0.4, -0.2) is 25.7 Å². The van der Waals surface area contributed by atoms with Crippen LogP contribution in [0.25, 0.3) is 0 Å².